The van der Waals surface area contributed by atoms with Gasteiger partial charge in [-0.1, -0.05) is 23.8 Å². The van der Waals surface area contributed by atoms with Crippen molar-refractivity contribution in [2.45, 2.75) is 13.0 Å². The predicted molar refractivity (Wildman–Crippen MR) is 89.3 cm³/mol. The van der Waals surface area contributed by atoms with Crippen molar-refractivity contribution in [3.05, 3.63) is 75.1 Å². The van der Waals surface area contributed by atoms with Crippen LogP contribution in [0.25, 0.3) is 11.0 Å². The Labute approximate surface area is 137 Å². The topological polar surface area (TPSA) is 70.8 Å². The van der Waals surface area contributed by atoms with Crippen molar-refractivity contribution in [1.82, 2.24) is 4.90 Å². The third-order valence-corrected chi connectivity index (χ3v) is 4.44. The summed E-state index contributed by atoms with van der Waals surface area (Å²) in [5, 5.41) is 10.2. The average molecular weight is 321 g/mol. The van der Waals surface area contributed by atoms with Crippen molar-refractivity contribution in [2.24, 2.45) is 0 Å². The van der Waals surface area contributed by atoms with Crippen LogP contribution in [0.2, 0.25) is 0 Å². The van der Waals surface area contributed by atoms with Gasteiger partial charge in [0, 0.05) is 7.05 Å². The average Bonchev–Trinajstić information content (AvgIpc) is 2.81. The third kappa shape index (κ3) is 1.94. The van der Waals surface area contributed by atoms with Crippen LogP contribution in [0, 0.1) is 6.92 Å². The first-order valence-electron chi connectivity index (χ1n) is 7.61. The molecule has 0 bridgehead atoms. The zero-order valence-corrected chi connectivity index (χ0v) is 13.2. The van der Waals surface area contributed by atoms with Crippen LogP contribution in [0.3, 0.4) is 0 Å². The molecule has 0 fully saturated rings. The first-order chi connectivity index (χ1) is 11.5. The van der Waals surface area contributed by atoms with Crippen LogP contribution in [-0.2, 0) is 0 Å². The molecule has 0 saturated heterocycles. The minimum Gasteiger partial charge on any atom is -0.508 e. The van der Waals surface area contributed by atoms with E-state index in [2.05, 4.69) is 0 Å². The van der Waals surface area contributed by atoms with Gasteiger partial charge in [-0.05, 0) is 36.8 Å². The third-order valence-electron chi connectivity index (χ3n) is 4.44. The number of amides is 1. The Kier molecular flexibility index (Phi) is 3.00. The van der Waals surface area contributed by atoms with Gasteiger partial charge in [0.2, 0.25) is 5.76 Å². The minimum atomic E-state index is -0.569. The molecule has 24 heavy (non-hydrogen) atoms. The number of rotatable bonds is 1. The summed E-state index contributed by atoms with van der Waals surface area (Å²) >= 11 is 0. The van der Waals surface area contributed by atoms with Gasteiger partial charge >= 0.3 is 0 Å². The first kappa shape index (κ1) is 14.5. The van der Waals surface area contributed by atoms with E-state index in [-0.39, 0.29) is 22.8 Å². The number of fused-ring (bicyclic) bond motifs is 2. The summed E-state index contributed by atoms with van der Waals surface area (Å²) < 4.78 is 5.75. The number of aryl methyl sites for hydroxylation is 1. The normalized spacial score (nSPS) is 16.7. The van der Waals surface area contributed by atoms with Crippen LogP contribution in [0.15, 0.2) is 51.7 Å². The zero-order chi connectivity index (χ0) is 17.0. The lowest BCUT2D eigenvalue weighted by Crippen LogP contribution is -2.25. The fourth-order valence-electron chi connectivity index (χ4n) is 3.29. The second-order valence-electron chi connectivity index (χ2n) is 6.09. The molecule has 1 aromatic heterocycles. The zero-order valence-electron chi connectivity index (χ0n) is 13.2. The summed E-state index contributed by atoms with van der Waals surface area (Å²) in [4.78, 5) is 27.1. The number of phenolic OH excluding ortho intramolecular Hbond substituents is 1. The SMILES string of the molecule is Cc1ccc2oc3c(c(=O)c2c1)C(c1cccc(O)c1)N(C)C3=O. The Morgan fingerprint density at radius 2 is 1.92 bits per heavy atom. The molecule has 1 aliphatic rings. The van der Waals surface area contributed by atoms with Gasteiger partial charge in [-0.25, -0.2) is 0 Å². The molecule has 0 aliphatic carbocycles. The van der Waals surface area contributed by atoms with Crippen molar-refractivity contribution in [1.29, 1.82) is 0 Å². The maximum Gasteiger partial charge on any atom is 0.290 e. The lowest BCUT2D eigenvalue weighted by molar-refractivity contribution is 0.0771. The largest absolute Gasteiger partial charge is 0.508 e. The molecule has 2 heterocycles. The number of hydrogen-bond donors (Lipinski definition) is 1. The van der Waals surface area contributed by atoms with Gasteiger partial charge < -0.3 is 14.4 Å². The van der Waals surface area contributed by atoms with Crippen LogP contribution < -0.4 is 5.43 Å². The second-order valence-corrected chi connectivity index (χ2v) is 6.09. The summed E-state index contributed by atoms with van der Waals surface area (Å²) in [6.07, 6.45) is 0. The molecule has 0 saturated carbocycles. The number of benzene rings is 2. The maximum absolute atomic E-state index is 13.0. The molecule has 1 aliphatic heterocycles. The van der Waals surface area contributed by atoms with E-state index in [1.165, 1.54) is 4.90 Å². The summed E-state index contributed by atoms with van der Waals surface area (Å²) in [5.41, 5.74) is 2.14. The van der Waals surface area contributed by atoms with Crippen molar-refractivity contribution in [3.63, 3.8) is 0 Å². The lowest BCUT2D eigenvalue weighted by Gasteiger charge is -2.20. The highest BCUT2D eigenvalue weighted by Crippen LogP contribution is 2.37. The monoisotopic (exact) mass is 321 g/mol. The fraction of sp³-hybridized carbons (Fsp3) is 0.158. The van der Waals surface area contributed by atoms with E-state index in [1.54, 1.807) is 43.4 Å². The van der Waals surface area contributed by atoms with E-state index < -0.39 is 6.04 Å². The molecule has 120 valence electrons. The number of aromatic hydroxyl groups is 1. The Hall–Kier alpha value is -3.08. The molecule has 4 rings (SSSR count). The van der Waals surface area contributed by atoms with Crippen molar-refractivity contribution in [3.8, 4) is 5.75 Å². The highest BCUT2D eigenvalue weighted by Gasteiger charge is 2.40. The van der Waals surface area contributed by atoms with Gasteiger partial charge in [0.25, 0.3) is 5.91 Å². The van der Waals surface area contributed by atoms with E-state index in [0.29, 0.717) is 22.1 Å². The van der Waals surface area contributed by atoms with E-state index in [0.717, 1.165) is 5.56 Å². The molecule has 1 amide bonds. The van der Waals surface area contributed by atoms with Gasteiger partial charge in [-0.3, -0.25) is 9.59 Å². The van der Waals surface area contributed by atoms with Crippen molar-refractivity contribution in [2.75, 3.05) is 7.05 Å². The van der Waals surface area contributed by atoms with Crippen LogP contribution in [0.4, 0.5) is 0 Å². The first-order valence-corrected chi connectivity index (χ1v) is 7.61. The highest BCUT2D eigenvalue weighted by molar-refractivity contribution is 5.98. The molecular weight excluding hydrogens is 306 g/mol. The number of hydrogen-bond acceptors (Lipinski definition) is 4. The Bertz CT molecular complexity index is 1050. The molecule has 2 aromatic carbocycles. The van der Waals surface area contributed by atoms with Crippen LogP contribution in [0.1, 0.15) is 33.3 Å². The highest BCUT2D eigenvalue weighted by atomic mass is 16.3. The minimum absolute atomic E-state index is 0.0761. The number of phenols is 1. The van der Waals surface area contributed by atoms with Crippen LogP contribution in [-0.4, -0.2) is 23.0 Å². The van der Waals surface area contributed by atoms with Gasteiger partial charge in [0.15, 0.2) is 5.43 Å². The summed E-state index contributed by atoms with van der Waals surface area (Å²) in [6, 6.07) is 11.3. The number of nitrogens with zero attached hydrogens (tertiary/aromatic N) is 1. The molecule has 0 spiro atoms. The van der Waals surface area contributed by atoms with E-state index in [9.17, 15) is 14.7 Å². The smallest absolute Gasteiger partial charge is 0.290 e. The van der Waals surface area contributed by atoms with E-state index in [1.807, 2.05) is 13.0 Å². The Morgan fingerprint density at radius 1 is 1.12 bits per heavy atom. The van der Waals surface area contributed by atoms with Gasteiger partial charge in [-0.15, -0.1) is 0 Å². The predicted octanol–water partition coefficient (Wildman–Crippen LogP) is 2.98. The quantitative estimate of drug-likeness (QED) is 0.748. The number of carbonyl (C=O) groups excluding carboxylic acids is 1. The second kappa shape index (κ2) is 4.96. The van der Waals surface area contributed by atoms with E-state index in [4.69, 9.17) is 4.42 Å². The molecule has 0 radical (unpaired) electrons. The maximum atomic E-state index is 13.0. The van der Waals surface area contributed by atoms with Crippen LogP contribution in [0.5, 0.6) is 5.75 Å². The molecule has 5 heteroatoms. The molecule has 5 nitrogen and oxygen atoms in total. The van der Waals surface area contributed by atoms with Gasteiger partial charge in [0.1, 0.15) is 11.3 Å². The Morgan fingerprint density at radius 3 is 2.67 bits per heavy atom. The molecule has 1 unspecified atom stereocenters. The summed E-state index contributed by atoms with van der Waals surface area (Å²) in [6.45, 7) is 1.90. The standard InChI is InChI=1S/C19H15NO4/c1-10-6-7-14-13(8-10)17(22)15-16(11-4-3-5-12(21)9-11)20(2)19(23)18(15)24-14/h3-9,16,21H,1-2H3. The van der Waals surface area contributed by atoms with Crippen LogP contribution >= 0.6 is 0 Å². The summed E-state index contributed by atoms with van der Waals surface area (Å²) in [7, 11) is 1.63. The van der Waals surface area contributed by atoms with Crippen molar-refractivity contribution >= 4 is 16.9 Å². The molecule has 1 atom stereocenters. The molecular formula is C19H15NO4. The fourth-order valence-corrected chi connectivity index (χ4v) is 3.29. The molecule has 3 aromatic rings. The lowest BCUT2D eigenvalue weighted by atomic mass is 9.98. The van der Waals surface area contributed by atoms with Gasteiger partial charge in [0.05, 0.1) is 17.0 Å². The van der Waals surface area contributed by atoms with E-state index >= 15 is 0 Å². The van der Waals surface area contributed by atoms with Crippen molar-refractivity contribution < 1.29 is 14.3 Å². The summed E-state index contributed by atoms with van der Waals surface area (Å²) in [5.74, 6) is -0.173. The Balaban J connectivity index is 2.05. The number of carbonyl (C=O) groups is 1. The van der Waals surface area contributed by atoms with Gasteiger partial charge in [-0.2, -0.15) is 0 Å². The molecule has 1 N–H and O–H groups in total.